The number of ether oxygens (including phenoxy) is 2. The van der Waals surface area contributed by atoms with E-state index in [0.717, 1.165) is 10.9 Å². The highest BCUT2D eigenvalue weighted by molar-refractivity contribution is 6.00. The van der Waals surface area contributed by atoms with E-state index in [1.54, 1.807) is 24.4 Å². The first-order chi connectivity index (χ1) is 11.9. The van der Waals surface area contributed by atoms with Crippen LogP contribution in [-0.4, -0.2) is 18.5 Å². The van der Waals surface area contributed by atoms with Crippen LogP contribution in [0.15, 0.2) is 42.6 Å². The number of halogens is 3. The first-order valence-electron chi connectivity index (χ1n) is 7.33. The van der Waals surface area contributed by atoms with Gasteiger partial charge >= 0.3 is 6.36 Å². The fourth-order valence-electron chi connectivity index (χ4n) is 2.78. The van der Waals surface area contributed by atoms with E-state index in [0.29, 0.717) is 22.4 Å². The molecule has 0 atom stereocenters. The number of H-pyrrole nitrogens is 1. The van der Waals surface area contributed by atoms with E-state index in [9.17, 15) is 13.2 Å². The molecule has 0 unspecified atom stereocenters. The topological polar surface area (TPSA) is 58.0 Å². The molecule has 7 heteroatoms. The van der Waals surface area contributed by atoms with Crippen molar-refractivity contribution in [1.82, 2.24) is 4.98 Å². The highest BCUT2D eigenvalue weighted by Crippen LogP contribution is 2.37. The van der Waals surface area contributed by atoms with E-state index < -0.39 is 6.36 Å². The molecule has 1 aromatic heterocycles. The molecule has 0 saturated heterocycles. The Labute approximate surface area is 141 Å². The number of nitrogens with zero attached hydrogens (tertiary/aromatic N) is 1. The molecule has 3 rings (SSSR count). The molecule has 0 fully saturated rings. The van der Waals surface area contributed by atoms with Gasteiger partial charge < -0.3 is 14.5 Å². The molecule has 3 aromatic rings. The maximum atomic E-state index is 12.4. The van der Waals surface area contributed by atoms with Gasteiger partial charge in [-0.25, -0.2) is 0 Å². The van der Waals surface area contributed by atoms with Gasteiger partial charge in [-0.3, -0.25) is 0 Å². The van der Waals surface area contributed by atoms with Crippen molar-refractivity contribution in [3.8, 4) is 28.7 Å². The monoisotopic (exact) mass is 346 g/mol. The number of aromatic amines is 1. The van der Waals surface area contributed by atoms with E-state index in [1.807, 2.05) is 0 Å². The first-order valence-corrected chi connectivity index (χ1v) is 7.33. The molecule has 0 aliphatic heterocycles. The van der Waals surface area contributed by atoms with Crippen molar-refractivity contribution in [3.05, 3.63) is 48.2 Å². The summed E-state index contributed by atoms with van der Waals surface area (Å²) in [6.45, 7) is 0. The Kier molecular flexibility index (Phi) is 4.28. The zero-order valence-corrected chi connectivity index (χ0v) is 13.1. The summed E-state index contributed by atoms with van der Waals surface area (Å²) in [5.41, 5.74) is 2.69. The number of benzene rings is 2. The summed E-state index contributed by atoms with van der Waals surface area (Å²) in [7, 11) is 1.52. The van der Waals surface area contributed by atoms with Gasteiger partial charge in [0.1, 0.15) is 11.5 Å². The van der Waals surface area contributed by atoms with Crippen molar-refractivity contribution < 1.29 is 22.6 Å². The maximum Gasteiger partial charge on any atom is 0.573 e. The molecule has 1 N–H and O–H groups in total. The quantitative estimate of drug-likeness (QED) is 0.738. The van der Waals surface area contributed by atoms with Crippen LogP contribution in [0.5, 0.6) is 11.5 Å². The lowest BCUT2D eigenvalue weighted by atomic mass is 10.0. The average molecular weight is 346 g/mol. The molecule has 0 saturated carbocycles. The number of alkyl halides is 3. The van der Waals surface area contributed by atoms with Crippen LogP contribution in [-0.2, 0) is 6.42 Å². The molecule has 25 heavy (non-hydrogen) atoms. The van der Waals surface area contributed by atoms with Crippen molar-refractivity contribution in [3.63, 3.8) is 0 Å². The Morgan fingerprint density at radius 3 is 2.68 bits per heavy atom. The SMILES string of the molecule is COc1ccc(-c2cccc(OC(F)(F)F)c2)c2[nH]cc(CC#N)c12. The lowest BCUT2D eigenvalue weighted by Gasteiger charge is -2.12. The van der Waals surface area contributed by atoms with Gasteiger partial charge in [0.25, 0.3) is 0 Å². The summed E-state index contributed by atoms with van der Waals surface area (Å²) >= 11 is 0. The van der Waals surface area contributed by atoms with E-state index >= 15 is 0 Å². The van der Waals surface area contributed by atoms with Crippen LogP contribution in [0.25, 0.3) is 22.0 Å². The number of rotatable bonds is 4. The summed E-state index contributed by atoms with van der Waals surface area (Å²) in [6, 6.07) is 11.3. The third kappa shape index (κ3) is 3.38. The fraction of sp³-hybridized carbons (Fsp3) is 0.167. The van der Waals surface area contributed by atoms with Crippen LogP contribution in [0, 0.1) is 11.3 Å². The van der Waals surface area contributed by atoms with Crippen molar-refractivity contribution in [1.29, 1.82) is 5.26 Å². The molecule has 0 bridgehead atoms. The van der Waals surface area contributed by atoms with Gasteiger partial charge in [0, 0.05) is 17.1 Å². The number of fused-ring (bicyclic) bond motifs is 1. The fourth-order valence-corrected chi connectivity index (χ4v) is 2.78. The molecule has 1 heterocycles. The Morgan fingerprint density at radius 1 is 1.20 bits per heavy atom. The zero-order chi connectivity index (χ0) is 18.0. The second-order valence-electron chi connectivity index (χ2n) is 5.29. The third-order valence-corrected chi connectivity index (χ3v) is 3.75. The number of hydrogen-bond donors (Lipinski definition) is 1. The first kappa shape index (κ1) is 16.7. The molecular weight excluding hydrogens is 333 g/mol. The van der Waals surface area contributed by atoms with Crippen molar-refractivity contribution in [2.24, 2.45) is 0 Å². The molecule has 128 valence electrons. The highest BCUT2D eigenvalue weighted by Gasteiger charge is 2.31. The van der Waals surface area contributed by atoms with Crippen LogP contribution in [0.1, 0.15) is 5.56 Å². The number of aromatic nitrogens is 1. The lowest BCUT2D eigenvalue weighted by Crippen LogP contribution is -2.17. The van der Waals surface area contributed by atoms with Crippen LogP contribution in [0.2, 0.25) is 0 Å². The third-order valence-electron chi connectivity index (χ3n) is 3.75. The molecule has 0 aliphatic carbocycles. The summed E-state index contributed by atoms with van der Waals surface area (Å²) in [4.78, 5) is 3.09. The summed E-state index contributed by atoms with van der Waals surface area (Å²) < 4.78 is 46.7. The summed E-state index contributed by atoms with van der Waals surface area (Å²) in [5.74, 6) is 0.297. The second-order valence-corrected chi connectivity index (χ2v) is 5.29. The average Bonchev–Trinajstić information content (AvgIpc) is 2.97. The molecule has 0 radical (unpaired) electrons. The largest absolute Gasteiger partial charge is 0.573 e. The van der Waals surface area contributed by atoms with Gasteiger partial charge in [-0.2, -0.15) is 5.26 Å². The smallest absolute Gasteiger partial charge is 0.496 e. The van der Waals surface area contributed by atoms with Crippen molar-refractivity contribution in [2.75, 3.05) is 7.11 Å². The highest BCUT2D eigenvalue weighted by atomic mass is 19.4. The van der Waals surface area contributed by atoms with E-state index in [4.69, 9.17) is 10.00 Å². The van der Waals surface area contributed by atoms with E-state index in [2.05, 4.69) is 15.8 Å². The molecule has 4 nitrogen and oxygen atoms in total. The standard InChI is InChI=1S/C18H13F3N2O2/c1-24-15-6-5-14(17-16(15)12(7-8-22)10-23-17)11-3-2-4-13(9-11)25-18(19,20)21/h2-6,9-10,23H,7H2,1H3. The van der Waals surface area contributed by atoms with Crippen LogP contribution in [0.3, 0.4) is 0 Å². The predicted molar refractivity (Wildman–Crippen MR) is 86.3 cm³/mol. The van der Waals surface area contributed by atoms with Gasteiger partial charge in [-0.15, -0.1) is 13.2 Å². The minimum atomic E-state index is -4.75. The number of hydrogen-bond acceptors (Lipinski definition) is 3. The maximum absolute atomic E-state index is 12.4. The Bertz CT molecular complexity index is 955. The Hall–Kier alpha value is -3.14. The number of nitriles is 1. The molecule has 0 spiro atoms. The summed E-state index contributed by atoms with van der Waals surface area (Å²) in [5, 5.41) is 9.70. The van der Waals surface area contributed by atoms with Gasteiger partial charge in [-0.1, -0.05) is 12.1 Å². The van der Waals surface area contributed by atoms with Crippen LogP contribution >= 0.6 is 0 Å². The van der Waals surface area contributed by atoms with Gasteiger partial charge in [0.2, 0.25) is 0 Å². The second kappa shape index (κ2) is 6.40. The molecule has 0 aliphatic rings. The van der Waals surface area contributed by atoms with Crippen molar-refractivity contribution >= 4 is 10.9 Å². The molecule has 0 amide bonds. The van der Waals surface area contributed by atoms with Gasteiger partial charge in [0.05, 0.1) is 25.1 Å². The van der Waals surface area contributed by atoms with Gasteiger partial charge in [-0.05, 0) is 35.4 Å². The number of methoxy groups -OCH3 is 1. The normalized spacial score (nSPS) is 11.3. The Balaban J connectivity index is 2.14. The molecular formula is C18H13F3N2O2. The van der Waals surface area contributed by atoms with E-state index in [1.165, 1.54) is 25.3 Å². The van der Waals surface area contributed by atoms with Crippen LogP contribution < -0.4 is 9.47 Å². The lowest BCUT2D eigenvalue weighted by molar-refractivity contribution is -0.274. The Morgan fingerprint density at radius 2 is 2.00 bits per heavy atom. The molecule has 2 aromatic carbocycles. The van der Waals surface area contributed by atoms with Crippen LogP contribution in [0.4, 0.5) is 13.2 Å². The minimum absolute atomic E-state index is 0.192. The summed E-state index contributed by atoms with van der Waals surface area (Å²) in [6.07, 6.45) is -2.85. The zero-order valence-electron chi connectivity index (χ0n) is 13.1. The minimum Gasteiger partial charge on any atom is -0.496 e. The number of nitrogens with one attached hydrogen (secondary N) is 1. The van der Waals surface area contributed by atoms with Crippen molar-refractivity contribution in [2.45, 2.75) is 12.8 Å². The van der Waals surface area contributed by atoms with Gasteiger partial charge in [0.15, 0.2) is 0 Å². The van der Waals surface area contributed by atoms with E-state index in [-0.39, 0.29) is 12.2 Å². The predicted octanol–water partition coefficient (Wildman–Crippen LogP) is 4.81.